The molecule has 21 heavy (non-hydrogen) atoms. The van der Waals surface area contributed by atoms with Gasteiger partial charge >= 0.3 is 0 Å². The smallest absolute Gasteiger partial charge is 0.00170 e. The number of unbranched alkanes of at least 4 members (excludes halogenated alkanes) is 7. The van der Waals surface area contributed by atoms with Crippen molar-refractivity contribution in [3.05, 3.63) is 21.9 Å². The van der Waals surface area contributed by atoms with Gasteiger partial charge in [-0.2, -0.15) is 0 Å². The van der Waals surface area contributed by atoms with Crippen molar-refractivity contribution in [3.8, 4) is 0 Å². The Labute approximate surface area is 137 Å². The Hall–Kier alpha value is -0.300. The predicted octanol–water partition coefficient (Wildman–Crippen LogP) is 7.55. The fourth-order valence-electron chi connectivity index (χ4n) is 3.18. The minimum Gasteiger partial charge on any atom is -0.149 e. The third-order valence-corrected chi connectivity index (χ3v) is 5.40. The van der Waals surface area contributed by atoms with Gasteiger partial charge in [-0.3, -0.25) is 0 Å². The lowest BCUT2D eigenvalue weighted by atomic mass is 9.89. The summed E-state index contributed by atoms with van der Waals surface area (Å²) in [5, 5.41) is 2.38. The van der Waals surface area contributed by atoms with Gasteiger partial charge in [0.25, 0.3) is 0 Å². The summed E-state index contributed by atoms with van der Waals surface area (Å²) in [7, 11) is 0. The quantitative estimate of drug-likeness (QED) is 0.330. The molecule has 0 bridgehead atoms. The van der Waals surface area contributed by atoms with Crippen molar-refractivity contribution in [3.63, 3.8) is 0 Å². The molecule has 0 nitrogen and oxygen atoms in total. The van der Waals surface area contributed by atoms with Crippen molar-refractivity contribution < 1.29 is 0 Å². The Kier molecular flexibility index (Phi) is 10.9. The highest BCUT2D eigenvalue weighted by Crippen LogP contribution is 2.25. The molecule has 1 heteroatoms. The van der Waals surface area contributed by atoms with E-state index in [1.54, 1.807) is 5.56 Å². The van der Waals surface area contributed by atoms with Crippen LogP contribution in [0.15, 0.2) is 11.4 Å². The van der Waals surface area contributed by atoms with Crippen LogP contribution in [0.3, 0.4) is 0 Å². The van der Waals surface area contributed by atoms with Crippen LogP contribution in [0.25, 0.3) is 0 Å². The molecular weight excluding hydrogens is 272 g/mol. The van der Waals surface area contributed by atoms with Crippen molar-refractivity contribution >= 4 is 11.3 Å². The standard InChI is InChI=1S/C20H36S/c1-4-6-8-10-12-14-19(13-11-9-7-5-2)16-20-15-18(3)21-17-20/h15,17,19H,4-14,16H2,1-3H3. The third kappa shape index (κ3) is 9.34. The maximum absolute atomic E-state index is 2.40. The first kappa shape index (κ1) is 18.7. The molecule has 122 valence electrons. The zero-order chi connectivity index (χ0) is 15.3. The van der Waals surface area contributed by atoms with E-state index in [4.69, 9.17) is 0 Å². The Morgan fingerprint density at radius 1 is 0.857 bits per heavy atom. The van der Waals surface area contributed by atoms with Gasteiger partial charge < -0.3 is 0 Å². The van der Waals surface area contributed by atoms with Crippen LogP contribution in [-0.2, 0) is 6.42 Å². The van der Waals surface area contributed by atoms with E-state index in [9.17, 15) is 0 Å². The topological polar surface area (TPSA) is 0 Å². The molecule has 0 amide bonds. The second-order valence-corrected chi connectivity index (χ2v) is 7.80. The fraction of sp³-hybridized carbons (Fsp3) is 0.800. The maximum atomic E-state index is 2.40. The van der Waals surface area contributed by atoms with Gasteiger partial charge in [0, 0.05) is 4.88 Å². The van der Waals surface area contributed by atoms with Gasteiger partial charge in [-0.05, 0) is 36.3 Å². The predicted molar refractivity (Wildman–Crippen MR) is 98.4 cm³/mol. The molecule has 0 aromatic carbocycles. The molecule has 0 aliphatic rings. The summed E-state index contributed by atoms with van der Waals surface area (Å²) in [6.45, 7) is 6.84. The number of hydrogen-bond donors (Lipinski definition) is 0. The number of thiophene rings is 1. The maximum Gasteiger partial charge on any atom is 0.00170 e. The van der Waals surface area contributed by atoms with Crippen molar-refractivity contribution in [1.29, 1.82) is 0 Å². The zero-order valence-corrected chi connectivity index (χ0v) is 15.4. The van der Waals surface area contributed by atoms with E-state index in [0.29, 0.717) is 0 Å². The molecule has 0 aliphatic carbocycles. The Morgan fingerprint density at radius 3 is 1.95 bits per heavy atom. The first-order valence-corrected chi connectivity index (χ1v) is 10.2. The number of aryl methyl sites for hydroxylation is 1. The Balaban J connectivity index is 2.30. The molecule has 1 aromatic rings. The fourth-order valence-corrected chi connectivity index (χ4v) is 3.90. The molecule has 1 heterocycles. The van der Waals surface area contributed by atoms with Crippen molar-refractivity contribution in [2.75, 3.05) is 0 Å². The minimum atomic E-state index is 0.928. The molecule has 0 radical (unpaired) electrons. The lowest BCUT2D eigenvalue weighted by Gasteiger charge is -2.16. The lowest BCUT2D eigenvalue weighted by molar-refractivity contribution is 0.403. The molecule has 0 saturated heterocycles. The Morgan fingerprint density at radius 2 is 1.43 bits per heavy atom. The van der Waals surface area contributed by atoms with Crippen LogP contribution in [0.2, 0.25) is 0 Å². The summed E-state index contributed by atoms with van der Waals surface area (Å²) in [5.41, 5.74) is 1.59. The van der Waals surface area contributed by atoms with E-state index < -0.39 is 0 Å². The molecule has 1 rings (SSSR count). The molecule has 0 N–H and O–H groups in total. The third-order valence-electron chi connectivity index (χ3n) is 4.49. The molecular formula is C20H36S. The van der Waals surface area contributed by atoms with Crippen LogP contribution in [-0.4, -0.2) is 0 Å². The minimum absolute atomic E-state index is 0.928. The van der Waals surface area contributed by atoms with Crippen LogP contribution in [0.1, 0.15) is 94.9 Å². The summed E-state index contributed by atoms with van der Waals surface area (Å²) in [4.78, 5) is 1.47. The van der Waals surface area contributed by atoms with Gasteiger partial charge in [0.05, 0.1) is 0 Å². The van der Waals surface area contributed by atoms with Gasteiger partial charge in [-0.15, -0.1) is 11.3 Å². The van der Waals surface area contributed by atoms with Crippen molar-refractivity contribution in [2.24, 2.45) is 5.92 Å². The van der Waals surface area contributed by atoms with Crippen LogP contribution >= 0.6 is 11.3 Å². The SMILES string of the molecule is CCCCCCCC(CCCCCC)Cc1csc(C)c1. The van der Waals surface area contributed by atoms with Gasteiger partial charge in [-0.25, -0.2) is 0 Å². The van der Waals surface area contributed by atoms with Gasteiger partial charge in [0.2, 0.25) is 0 Å². The molecule has 1 atom stereocenters. The van der Waals surface area contributed by atoms with E-state index in [2.05, 4.69) is 32.2 Å². The average Bonchev–Trinajstić information content (AvgIpc) is 2.88. The summed E-state index contributed by atoms with van der Waals surface area (Å²) >= 11 is 1.91. The van der Waals surface area contributed by atoms with Crippen LogP contribution < -0.4 is 0 Å². The van der Waals surface area contributed by atoms with Crippen LogP contribution in [0.5, 0.6) is 0 Å². The van der Waals surface area contributed by atoms with E-state index >= 15 is 0 Å². The summed E-state index contributed by atoms with van der Waals surface area (Å²) in [6, 6.07) is 2.40. The van der Waals surface area contributed by atoms with Crippen molar-refractivity contribution in [2.45, 2.75) is 97.8 Å². The Bertz CT molecular complexity index is 339. The monoisotopic (exact) mass is 308 g/mol. The molecule has 0 saturated carbocycles. The second kappa shape index (κ2) is 12.3. The second-order valence-electron chi connectivity index (χ2n) is 6.69. The van der Waals surface area contributed by atoms with Crippen molar-refractivity contribution in [1.82, 2.24) is 0 Å². The van der Waals surface area contributed by atoms with Gasteiger partial charge in [0.15, 0.2) is 0 Å². The molecule has 1 aromatic heterocycles. The van der Waals surface area contributed by atoms with Crippen LogP contribution in [0.4, 0.5) is 0 Å². The normalized spacial score (nSPS) is 12.7. The molecule has 0 aliphatic heterocycles. The number of rotatable bonds is 13. The van der Waals surface area contributed by atoms with E-state index in [1.165, 1.54) is 81.9 Å². The largest absolute Gasteiger partial charge is 0.149 e. The zero-order valence-electron chi connectivity index (χ0n) is 14.6. The molecule has 0 spiro atoms. The first-order valence-electron chi connectivity index (χ1n) is 9.30. The summed E-state index contributed by atoms with van der Waals surface area (Å²) < 4.78 is 0. The highest BCUT2D eigenvalue weighted by Gasteiger charge is 2.10. The van der Waals surface area contributed by atoms with E-state index in [1.807, 2.05) is 11.3 Å². The molecule has 1 unspecified atom stereocenters. The highest BCUT2D eigenvalue weighted by atomic mass is 32.1. The molecule has 0 fully saturated rings. The highest BCUT2D eigenvalue weighted by molar-refractivity contribution is 7.10. The van der Waals surface area contributed by atoms with E-state index in [0.717, 1.165) is 5.92 Å². The van der Waals surface area contributed by atoms with Crippen LogP contribution in [0, 0.1) is 12.8 Å². The average molecular weight is 309 g/mol. The number of hydrogen-bond acceptors (Lipinski definition) is 1. The van der Waals surface area contributed by atoms with Gasteiger partial charge in [0.1, 0.15) is 0 Å². The summed E-state index contributed by atoms with van der Waals surface area (Å²) in [5.74, 6) is 0.928. The van der Waals surface area contributed by atoms with Gasteiger partial charge in [-0.1, -0.05) is 84.5 Å². The lowest BCUT2D eigenvalue weighted by Crippen LogP contribution is -2.05. The first-order chi connectivity index (χ1) is 10.3. The summed E-state index contributed by atoms with van der Waals surface area (Å²) in [6.07, 6.45) is 17.0. The van der Waals surface area contributed by atoms with E-state index in [-0.39, 0.29) is 0 Å².